The molecule has 4 rings (SSSR count). The molecule has 1 heterocycles. The minimum atomic E-state index is -4.53. The smallest absolute Gasteiger partial charge is 0.416 e. The largest absolute Gasteiger partial charge is 0.457 e. The number of amides is 1. The van der Waals surface area contributed by atoms with E-state index in [0.29, 0.717) is 22.6 Å². The SMILES string of the molecule is O=C(COC(=O)C1c2ccccc2Oc2ccccc21)Nc1cccc(C(F)(F)F)c1. The summed E-state index contributed by atoms with van der Waals surface area (Å²) in [7, 11) is 0. The lowest BCUT2D eigenvalue weighted by atomic mass is 9.88. The van der Waals surface area contributed by atoms with Gasteiger partial charge in [-0.2, -0.15) is 13.2 Å². The number of para-hydroxylation sites is 2. The Labute approximate surface area is 175 Å². The average molecular weight is 427 g/mol. The summed E-state index contributed by atoms with van der Waals surface area (Å²) in [5, 5.41) is 2.31. The maximum atomic E-state index is 12.9. The van der Waals surface area contributed by atoms with Crippen molar-refractivity contribution < 1.29 is 32.2 Å². The summed E-state index contributed by atoms with van der Waals surface area (Å²) >= 11 is 0. The number of nitrogens with one attached hydrogen (secondary N) is 1. The van der Waals surface area contributed by atoms with Crippen molar-refractivity contribution in [3.05, 3.63) is 89.5 Å². The molecule has 0 saturated carbocycles. The first-order chi connectivity index (χ1) is 14.8. The average Bonchev–Trinajstić information content (AvgIpc) is 2.75. The molecule has 5 nitrogen and oxygen atoms in total. The van der Waals surface area contributed by atoms with Crippen LogP contribution in [0.1, 0.15) is 22.6 Å². The Kier molecular flexibility index (Phi) is 5.37. The predicted molar refractivity (Wildman–Crippen MR) is 106 cm³/mol. The van der Waals surface area contributed by atoms with Crippen LogP contribution in [0.2, 0.25) is 0 Å². The second-order valence-corrected chi connectivity index (χ2v) is 6.85. The molecule has 1 N–H and O–H groups in total. The summed E-state index contributed by atoms with van der Waals surface area (Å²) in [4.78, 5) is 25.0. The molecule has 3 aromatic rings. The number of carbonyl (C=O) groups excluding carboxylic acids is 2. The molecule has 3 aromatic carbocycles. The molecule has 0 atom stereocenters. The van der Waals surface area contributed by atoms with Crippen LogP contribution in [0.4, 0.5) is 18.9 Å². The van der Waals surface area contributed by atoms with Crippen LogP contribution in [0.25, 0.3) is 0 Å². The molecule has 0 aliphatic carbocycles. The van der Waals surface area contributed by atoms with E-state index in [1.54, 1.807) is 48.5 Å². The minimum Gasteiger partial charge on any atom is -0.457 e. The van der Waals surface area contributed by atoms with Crippen molar-refractivity contribution in [1.82, 2.24) is 0 Å². The second kappa shape index (κ2) is 8.14. The monoisotopic (exact) mass is 427 g/mol. The van der Waals surface area contributed by atoms with Gasteiger partial charge >= 0.3 is 12.1 Å². The fraction of sp³-hybridized carbons (Fsp3) is 0.130. The number of rotatable bonds is 4. The number of fused-ring (bicyclic) bond motifs is 2. The normalized spacial score (nSPS) is 12.9. The Balaban J connectivity index is 1.47. The van der Waals surface area contributed by atoms with E-state index < -0.39 is 36.1 Å². The van der Waals surface area contributed by atoms with Crippen LogP contribution < -0.4 is 10.1 Å². The molecule has 158 valence electrons. The standard InChI is InChI=1S/C23H16F3NO4/c24-23(25,26)14-6-5-7-15(12-14)27-20(28)13-30-22(29)21-16-8-1-3-10-18(16)31-19-11-4-2-9-17(19)21/h1-12,21H,13H2,(H,27,28). The van der Waals surface area contributed by atoms with Crippen molar-refractivity contribution >= 4 is 17.6 Å². The van der Waals surface area contributed by atoms with Crippen molar-refractivity contribution in [2.24, 2.45) is 0 Å². The van der Waals surface area contributed by atoms with Gasteiger partial charge in [0.15, 0.2) is 6.61 Å². The molecule has 0 aromatic heterocycles. The van der Waals surface area contributed by atoms with Crippen molar-refractivity contribution in [2.45, 2.75) is 12.1 Å². The molecule has 1 amide bonds. The summed E-state index contributed by atoms with van der Waals surface area (Å²) in [6.07, 6.45) is -4.53. The first-order valence-corrected chi connectivity index (χ1v) is 9.32. The van der Waals surface area contributed by atoms with Gasteiger partial charge in [-0.3, -0.25) is 9.59 Å². The zero-order chi connectivity index (χ0) is 22.0. The van der Waals surface area contributed by atoms with E-state index in [0.717, 1.165) is 12.1 Å². The molecular weight excluding hydrogens is 411 g/mol. The van der Waals surface area contributed by atoms with Crippen LogP contribution in [0.5, 0.6) is 11.5 Å². The molecule has 8 heteroatoms. The van der Waals surface area contributed by atoms with E-state index in [1.165, 1.54) is 12.1 Å². The Morgan fingerprint density at radius 2 is 1.52 bits per heavy atom. The summed E-state index contributed by atoms with van der Waals surface area (Å²) in [5.41, 5.74) is 0.268. The van der Waals surface area contributed by atoms with Crippen LogP contribution in [0, 0.1) is 0 Å². The third kappa shape index (κ3) is 4.37. The first kappa shape index (κ1) is 20.5. The Bertz CT molecular complexity index is 1100. The highest BCUT2D eigenvalue weighted by atomic mass is 19.4. The molecule has 0 saturated heterocycles. The van der Waals surface area contributed by atoms with E-state index >= 15 is 0 Å². The van der Waals surface area contributed by atoms with E-state index in [9.17, 15) is 22.8 Å². The molecule has 0 radical (unpaired) electrons. The second-order valence-electron chi connectivity index (χ2n) is 6.85. The topological polar surface area (TPSA) is 64.6 Å². The van der Waals surface area contributed by atoms with Gasteiger partial charge in [0.25, 0.3) is 5.91 Å². The minimum absolute atomic E-state index is 0.0439. The quantitative estimate of drug-likeness (QED) is 0.587. The van der Waals surface area contributed by atoms with Gasteiger partial charge in [-0.1, -0.05) is 42.5 Å². The highest BCUT2D eigenvalue weighted by Gasteiger charge is 2.34. The Hall–Kier alpha value is -3.81. The fourth-order valence-electron chi connectivity index (χ4n) is 3.35. The van der Waals surface area contributed by atoms with Crippen LogP contribution in [-0.2, 0) is 20.5 Å². The van der Waals surface area contributed by atoms with Gasteiger partial charge in [0.05, 0.1) is 5.56 Å². The Morgan fingerprint density at radius 3 is 2.13 bits per heavy atom. The van der Waals surface area contributed by atoms with Crippen LogP contribution in [0.15, 0.2) is 72.8 Å². The number of ether oxygens (including phenoxy) is 2. The number of carbonyl (C=O) groups is 2. The number of esters is 1. The van der Waals surface area contributed by atoms with Gasteiger partial charge in [0, 0.05) is 16.8 Å². The highest BCUT2D eigenvalue weighted by molar-refractivity contribution is 5.94. The summed E-state index contributed by atoms with van der Waals surface area (Å²) < 4.78 is 49.5. The van der Waals surface area contributed by atoms with Gasteiger partial charge < -0.3 is 14.8 Å². The van der Waals surface area contributed by atoms with Crippen LogP contribution >= 0.6 is 0 Å². The van der Waals surface area contributed by atoms with Gasteiger partial charge in [0.1, 0.15) is 17.4 Å². The molecule has 0 bridgehead atoms. The third-order valence-corrected chi connectivity index (χ3v) is 4.73. The maximum absolute atomic E-state index is 12.9. The number of hydrogen-bond donors (Lipinski definition) is 1. The summed E-state index contributed by atoms with van der Waals surface area (Å²) in [6.45, 7) is -0.642. The first-order valence-electron chi connectivity index (χ1n) is 9.32. The molecule has 0 spiro atoms. The van der Waals surface area contributed by atoms with E-state index in [2.05, 4.69) is 5.32 Å². The van der Waals surface area contributed by atoms with E-state index in [1.807, 2.05) is 0 Å². The zero-order valence-corrected chi connectivity index (χ0v) is 16.0. The van der Waals surface area contributed by atoms with E-state index in [-0.39, 0.29) is 5.69 Å². The number of benzene rings is 3. The fourth-order valence-corrected chi connectivity index (χ4v) is 3.35. The predicted octanol–water partition coefficient (Wildman–Crippen LogP) is 5.12. The molecule has 31 heavy (non-hydrogen) atoms. The van der Waals surface area contributed by atoms with Crippen molar-refractivity contribution in [3.63, 3.8) is 0 Å². The summed E-state index contributed by atoms with van der Waals surface area (Å²) in [6, 6.07) is 18.2. The maximum Gasteiger partial charge on any atom is 0.416 e. The van der Waals surface area contributed by atoms with Gasteiger partial charge in [0.2, 0.25) is 0 Å². The van der Waals surface area contributed by atoms with Crippen LogP contribution in [-0.4, -0.2) is 18.5 Å². The lowest BCUT2D eigenvalue weighted by molar-refractivity contribution is -0.148. The summed E-state index contributed by atoms with van der Waals surface area (Å²) in [5.74, 6) is -1.18. The third-order valence-electron chi connectivity index (χ3n) is 4.73. The van der Waals surface area contributed by atoms with Crippen molar-refractivity contribution in [3.8, 4) is 11.5 Å². The number of alkyl halides is 3. The van der Waals surface area contributed by atoms with Crippen molar-refractivity contribution in [1.29, 1.82) is 0 Å². The number of halogens is 3. The number of anilines is 1. The lowest BCUT2D eigenvalue weighted by Crippen LogP contribution is -2.26. The van der Waals surface area contributed by atoms with Gasteiger partial charge in [-0.25, -0.2) is 0 Å². The zero-order valence-electron chi connectivity index (χ0n) is 16.0. The number of hydrogen-bond acceptors (Lipinski definition) is 4. The highest BCUT2D eigenvalue weighted by Crippen LogP contribution is 2.44. The molecule has 0 fully saturated rings. The van der Waals surface area contributed by atoms with Gasteiger partial charge in [-0.05, 0) is 30.3 Å². The Morgan fingerprint density at radius 1 is 0.903 bits per heavy atom. The lowest BCUT2D eigenvalue weighted by Gasteiger charge is -2.26. The van der Waals surface area contributed by atoms with Crippen LogP contribution in [0.3, 0.4) is 0 Å². The molecule has 1 aliphatic rings. The van der Waals surface area contributed by atoms with Gasteiger partial charge in [-0.15, -0.1) is 0 Å². The molecular formula is C23H16F3NO4. The van der Waals surface area contributed by atoms with Crippen molar-refractivity contribution in [2.75, 3.05) is 11.9 Å². The molecule has 1 aliphatic heterocycles. The van der Waals surface area contributed by atoms with E-state index in [4.69, 9.17) is 9.47 Å². The molecule has 0 unspecified atom stereocenters.